The Hall–Kier alpha value is -2.51. The Morgan fingerprint density at radius 1 is 0.977 bits per heavy atom. The second-order valence-corrected chi connectivity index (χ2v) is 16.0. The second-order valence-electron chi connectivity index (χ2n) is 9.87. The molecule has 0 radical (unpaired) electrons. The Labute approximate surface area is 284 Å². The molecule has 1 aliphatic heterocycles. The van der Waals surface area contributed by atoms with Crippen molar-refractivity contribution in [1.82, 2.24) is 14.5 Å². The summed E-state index contributed by atoms with van der Waals surface area (Å²) in [7, 11) is 0. The second kappa shape index (κ2) is 14.7. The number of amides is 1. The van der Waals surface area contributed by atoms with Gasteiger partial charge in [0.2, 0.25) is 0 Å². The van der Waals surface area contributed by atoms with Gasteiger partial charge in [-0.3, -0.25) is 9.46 Å². The number of hydrogen-bond acceptors (Lipinski definition) is 6. The first-order valence-corrected chi connectivity index (χ1v) is 18.3. The maximum atomic E-state index is 13.6. The van der Waals surface area contributed by atoms with E-state index < -0.39 is 12.3 Å². The largest absolute Gasteiger partial charge is 0.460 e. The number of anilines is 2. The van der Waals surface area contributed by atoms with Gasteiger partial charge in [-0.1, -0.05) is 35.0 Å². The topological polar surface area (TPSA) is 97.7 Å². The van der Waals surface area contributed by atoms with Gasteiger partial charge >= 0.3 is 5.97 Å². The third kappa shape index (κ3) is 7.82. The first-order valence-electron chi connectivity index (χ1n) is 13.7. The normalized spacial score (nSPS) is 14.9. The van der Waals surface area contributed by atoms with Crippen molar-refractivity contribution in [1.29, 1.82) is 0 Å². The van der Waals surface area contributed by atoms with Crippen molar-refractivity contribution in [3.05, 3.63) is 103 Å². The summed E-state index contributed by atoms with van der Waals surface area (Å²) in [6.07, 6.45) is -2.80. The van der Waals surface area contributed by atoms with E-state index >= 15 is 0 Å². The molecular formula is C30H29Cl2IN5O4PS. The molecule has 1 aromatic heterocycles. The van der Waals surface area contributed by atoms with Crippen LogP contribution in [-0.4, -0.2) is 59.2 Å². The van der Waals surface area contributed by atoms with E-state index in [4.69, 9.17) is 49.6 Å². The highest BCUT2D eigenvalue weighted by Crippen LogP contribution is 2.51. The van der Waals surface area contributed by atoms with Crippen LogP contribution in [0.2, 0.25) is 10.0 Å². The number of halogens is 3. The van der Waals surface area contributed by atoms with Crippen molar-refractivity contribution in [3.63, 3.8) is 0 Å². The van der Waals surface area contributed by atoms with Crippen molar-refractivity contribution in [2.75, 3.05) is 43.3 Å². The summed E-state index contributed by atoms with van der Waals surface area (Å²) < 4.78 is 16.2. The monoisotopic (exact) mass is 783 g/mol. The third-order valence-corrected chi connectivity index (χ3v) is 12.5. The number of morpholine rings is 1. The minimum Gasteiger partial charge on any atom is -0.460 e. The summed E-state index contributed by atoms with van der Waals surface area (Å²) in [4.78, 5) is 26.2. The number of rotatable bonds is 10. The Bertz CT molecular complexity index is 1680. The zero-order valence-electron chi connectivity index (χ0n) is 23.6. The summed E-state index contributed by atoms with van der Waals surface area (Å²) in [5.74, 6) is -0.394. The smallest absolute Gasteiger partial charge is 0.338 e. The standard InChI is InChI=1S/C30H29Cl2IN5O4PS/c1-20-27(43(44,37-14-17-41-18-15-37)36-26-12-10-25(33)11-13-26)28(34-29(39)21-2-6-23(31)7-3-21)38(35-20)16-19-42-30(40)22-4-8-24(32)9-5-22/h2-13H,14-19H2,1H3,(H,34,39)(H,36,44). The van der Waals surface area contributed by atoms with Crippen LogP contribution < -0.4 is 15.7 Å². The molecule has 1 unspecified atom stereocenters. The number of nitrogens with one attached hydrogen (secondary N) is 2. The molecule has 5 rings (SSSR count). The SMILES string of the molecule is Cc1nn(CCOC(=O)c2ccc(Cl)cc2)c(NC(=O)c2ccc(Cl)cc2)c1P(=S)(Nc1ccc(I)cc1)N1CCOCC1. The molecule has 14 heteroatoms. The van der Waals surface area contributed by atoms with E-state index in [9.17, 15) is 9.59 Å². The van der Waals surface area contributed by atoms with Gasteiger partial charge in [-0.05, 0) is 102 Å². The molecule has 3 aromatic carbocycles. The number of ether oxygens (including phenoxy) is 2. The van der Waals surface area contributed by atoms with E-state index in [0.717, 1.165) is 14.6 Å². The maximum Gasteiger partial charge on any atom is 0.338 e. The van der Waals surface area contributed by atoms with Crippen molar-refractivity contribution < 1.29 is 19.1 Å². The van der Waals surface area contributed by atoms with E-state index in [2.05, 4.69) is 37.7 Å². The lowest BCUT2D eigenvalue weighted by Gasteiger charge is -2.38. The highest BCUT2D eigenvalue weighted by atomic mass is 127. The summed E-state index contributed by atoms with van der Waals surface area (Å²) in [6.45, 7) is 4.36. The van der Waals surface area contributed by atoms with Crippen LogP contribution in [0.3, 0.4) is 0 Å². The van der Waals surface area contributed by atoms with Gasteiger partial charge in [-0.2, -0.15) is 5.10 Å². The summed E-state index contributed by atoms with van der Waals surface area (Å²) in [5, 5.41) is 13.3. The molecule has 0 bridgehead atoms. The molecule has 0 spiro atoms. The van der Waals surface area contributed by atoms with Crippen LogP contribution in [0.25, 0.3) is 0 Å². The Kier molecular flexibility index (Phi) is 11.0. The van der Waals surface area contributed by atoms with Crippen molar-refractivity contribution in [2.24, 2.45) is 0 Å². The fourth-order valence-corrected chi connectivity index (χ4v) is 9.48. The van der Waals surface area contributed by atoms with E-state index in [-0.39, 0.29) is 19.1 Å². The highest BCUT2D eigenvalue weighted by molar-refractivity contribution is 14.1. The van der Waals surface area contributed by atoms with Crippen LogP contribution in [0.4, 0.5) is 11.5 Å². The zero-order chi connectivity index (χ0) is 31.3. The molecule has 9 nitrogen and oxygen atoms in total. The van der Waals surface area contributed by atoms with E-state index in [1.165, 1.54) is 0 Å². The molecule has 4 aromatic rings. The quantitative estimate of drug-likeness (QED) is 0.106. The van der Waals surface area contributed by atoms with E-state index in [1.807, 2.05) is 31.2 Å². The average molecular weight is 784 g/mol. The fraction of sp³-hybridized carbons (Fsp3) is 0.233. The number of carbonyl (C=O) groups is 2. The van der Waals surface area contributed by atoms with Crippen LogP contribution in [0.1, 0.15) is 26.4 Å². The maximum absolute atomic E-state index is 13.6. The number of nitrogens with zero attached hydrogens (tertiary/aromatic N) is 3. The number of esters is 1. The van der Waals surface area contributed by atoms with Gasteiger partial charge in [-0.15, -0.1) is 0 Å². The van der Waals surface area contributed by atoms with E-state index in [1.54, 1.807) is 53.2 Å². The zero-order valence-corrected chi connectivity index (χ0v) is 29.0. The molecule has 230 valence electrons. The lowest BCUT2D eigenvalue weighted by Crippen LogP contribution is -2.39. The first-order chi connectivity index (χ1) is 21.1. The van der Waals surface area contributed by atoms with E-state index in [0.29, 0.717) is 59.0 Å². The number of hydrogen-bond donors (Lipinski definition) is 2. The first kappa shape index (κ1) is 32.9. The molecule has 1 amide bonds. The van der Waals surface area contributed by atoms with Gasteiger partial charge in [0.25, 0.3) is 5.91 Å². The Balaban J connectivity index is 1.51. The van der Waals surface area contributed by atoms with Gasteiger partial charge in [-0.25, -0.2) is 9.48 Å². The number of benzene rings is 3. The van der Waals surface area contributed by atoms with Crippen LogP contribution >= 0.6 is 52.1 Å². The van der Waals surface area contributed by atoms with Crippen molar-refractivity contribution in [3.8, 4) is 0 Å². The lowest BCUT2D eigenvalue weighted by atomic mass is 10.2. The average Bonchev–Trinajstić information content (AvgIpc) is 3.33. The molecule has 2 N–H and O–H groups in total. The van der Waals surface area contributed by atoms with Gasteiger partial charge < -0.3 is 19.9 Å². The molecule has 1 fully saturated rings. The van der Waals surface area contributed by atoms with Gasteiger partial charge in [0, 0.05) is 38.0 Å². The lowest BCUT2D eigenvalue weighted by molar-refractivity contribution is 0.0488. The molecule has 1 aliphatic rings. The molecule has 44 heavy (non-hydrogen) atoms. The molecule has 2 heterocycles. The van der Waals surface area contributed by atoms with Crippen LogP contribution in [0.5, 0.6) is 0 Å². The number of aromatic nitrogens is 2. The fourth-order valence-electron chi connectivity index (χ4n) is 4.70. The Morgan fingerprint density at radius 3 is 2.18 bits per heavy atom. The summed E-state index contributed by atoms with van der Waals surface area (Å²) in [5.41, 5.74) is 2.32. The summed E-state index contributed by atoms with van der Waals surface area (Å²) >= 11 is 20.8. The van der Waals surface area contributed by atoms with Crippen molar-refractivity contribution >= 4 is 92.6 Å². The predicted molar refractivity (Wildman–Crippen MR) is 187 cm³/mol. The summed E-state index contributed by atoms with van der Waals surface area (Å²) in [6, 6.07) is 21.1. The third-order valence-electron chi connectivity index (χ3n) is 6.86. The molecule has 0 aliphatic carbocycles. The highest BCUT2D eigenvalue weighted by Gasteiger charge is 2.36. The molecular weight excluding hydrogens is 755 g/mol. The van der Waals surface area contributed by atoms with Crippen LogP contribution in [0, 0.1) is 10.5 Å². The number of aryl methyl sites for hydroxylation is 1. The Morgan fingerprint density at radius 2 is 1.57 bits per heavy atom. The minimum atomic E-state index is -2.80. The molecule has 1 saturated heterocycles. The molecule has 0 saturated carbocycles. The van der Waals surface area contributed by atoms with Crippen LogP contribution in [-0.2, 0) is 27.8 Å². The van der Waals surface area contributed by atoms with Gasteiger partial charge in [0.1, 0.15) is 18.8 Å². The van der Waals surface area contributed by atoms with Gasteiger partial charge in [0.15, 0.2) is 0 Å². The van der Waals surface area contributed by atoms with Crippen molar-refractivity contribution in [2.45, 2.75) is 13.5 Å². The minimum absolute atomic E-state index is 0.0107. The van der Waals surface area contributed by atoms with Gasteiger partial charge in [0.05, 0.1) is 36.3 Å². The predicted octanol–water partition coefficient (Wildman–Crippen LogP) is 6.59. The molecule has 1 atom stereocenters. The van der Waals surface area contributed by atoms with Crippen LogP contribution in [0.15, 0.2) is 72.8 Å². The number of carbonyl (C=O) groups excluding carboxylic acids is 2.